The number of carbonyl (C=O) groups excluding carboxylic acids is 2. The van der Waals surface area contributed by atoms with Gasteiger partial charge in [-0.1, -0.05) is 13.8 Å². The van der Waals surface area contributed by atoms with E-state index in [1.54, 1.807) is 11.1 Å². The molecule has 0 unspecified atom stereocenters. The zero-order valence-corrected chi connectivity index (χ0v) is 14.9. The second-order valence-electron chi connectivity index (χ2n) is 6.47. The highest BCUT2D eigenvalue weighted by Gasteiger charge is 2.29. The van der Waals surface area contributed by atoms with Crippen LogP contribution in [0.3, 0.4) is 0 Å². The maximum atomic E-state index is 12.4. The maximum Gasteiger partial charge on any atom is 0.317 e. The van der Waals surface area contributed by atoms with Crippen LogP contribution < -0.4 is 10.6 Å². The van der Waals surface area contributed by atoms with E-state index in [4.69, 9.17) is 0 Å². The fraction of sp³-hybridized carbons (Fsp3) is 0.688. The van der Waals surface area contributed by atoms with Gasteiger partial charge in [0.25, 0.3) is 0 Å². The molecule has 1 aromatic rings. The number of piperidine rings is 1. The minimum atomic E-state index is -0.143. The molecule has 23 heavy (non-hydrogen) atoms. The summed E-state index contributed by atoms with van der Waals surface area (Å²) in [4.78, 5) is 30.6. The van der Waals surface area contributed by atoms with Gasteiger partial charge < -0.3 is 15.5 Å². The van der Waals surface area contributed by atoms with E-state index >= 15 is 0 Å². The summed E-state index contributed by atoms with van der Waals surface area (Å²) in [5, 5.41) is 8.74. The Morgan fingerprint density at radius 1 is 1.43 bits per heavy atom. The Labute approximate surface area is 141 Å². The molecule has 0 aromatic carbocycles. The normalized spacial score (nSPS) is 19.5. The topological polar surface area (TPSA) is 74.3 Å². The number of thiazole rings is 1. The fourth-order valence-electron chi connectivity index (χ4n) is 2.62. The van der Waals surface area contributed by atoms with Crippen molar-refractivity contribution < 1.29 is 9.59 Å². The van der Waals surface area contributed by atoms with Crippen LogP contribution in [0.5, 0.6) is 0 Å². The largest absolute Gasteiger partial charge is 0.347 e. The molecule has 2 heterocycles. The Kier molecular flexibility index (Phi) is 6.38. The highest BCUT2D eigenvalue weighted by atomic mass is 32.1. The summed E-state index contributed by atoms with van der Waals surface area (Å²) < 4.78 is 0. The number of urea groups is 1. The second kappa shape index (κ2) is 8.29. The van der Waals surface area contributed by atoms with E-state index in [-0.39, 0.29) is 23.9 Å². The summed E-state index contributed by atoms with van der Waals surface area (Å²) in [6.07, 6.45) is 3.42. The molecular formula is C16H26N4O2S. The standard InChI is InChI=1S/C16H26N4O2S/c1-11(2)9-18-16(22)20-7-4-5-13(10-20)14(21)19-12(3)15-17-6-8-23-15/h6,8,11-13H,4-5,7,9-10H2,1-3H3,(H,18,22)(H,19,21)/t12-,13-/m1/s1. The molecule has 0 saturated carbocycles. The molecule has 0 spiro atoms. The second-order valence-corrected chi connectivity index (χ2v) is 7.39. The first-order chi connectivity index (χ1) is 11.0. The number of carbonyl (C=O) groups is 2. The van der Waals surface area contributed by atoms with Gasteiger partial charge in [-0.15, -0.1) is 11.3 Å². The molecule has 0 radical (unpaired) electrons. The van der Waals surface area contributed by atoms with Crippen LogP contribution in [0.4, 0.5) is 4.79 Å². The first kappa shape index (κ1) is 17.7. The zero-order chi connectivity index (χ0) is 16.8. The average molecular weight is 338 g/mol. The van der Waals surface area contributed by atoms with Gasteiger partial charge >= 0.3 is 6.03 Å². The molecule has 0 aliphatic carbocycles. The third-order valence-corrected chi connectivity index (χ3v) is 4.88. The molecule has 0 bridgehead atoms. The lowest BCUT2D eigenvalue weighted by Gasteiger charge is -2.32. The van der Waals surface area contributed by atoms with Crippen molar-refractivity contribution >= 4 is 23.3 Å². The number of hydrogen-bond acceptors (Lipinski definition) is 4. The Morgan fingerprint density at radius 2 is 2.22 bits per heavy atom. The van der Waals surface area contributed by atoms with Crippen molar-refractivity contribution in [3.8, 4) is 0 Å². The predicted octanol–water partition coefficient (Wildman–Crippen LogP) is 2.40. The monoisotopic (exact) mass is 338 g/mol. The first-order valence-corrected chi connectivity index (χ1v) is 9.08. The summed E-state index contributed by atoms with van der Waals surface area (Å²) in [6, 6.07) is -0.156. The number of nitrogens with zero attached hydrogens (tertiary/aromatic N) is 2. The van der Waals surface area contributed by atoms with Crippen molar-refractivity contribution in [3.05, 3.63) is 16.6 Å². The van der Waals surface area contributed by atoms with Crippen LogP contribution in [-0.2, 0) is 4.79 Å². The minimum absolute atomic E-state index is 0.00839. The Hall–Kier alpha value is -1.63. The van der Waals surface area contributed by atoms with Crippen molar-refractivity contribution in [3.63, 3.8) is 0 Å². The molecule has 1 aliphatic heterocycles. The average Bonchev–Trinajstić information content (AvgIpc) is 3.07. The zero-order valence-electron chi connectivity index (χ0n) is 14.0. The number of aromatic nitrogens is 1. The number of amides is 3. The highest BCUT2D eigenvalue weighted by Crippen LogP contribution is 2.20. The van der Waals surface area contributed by atoms with Gasteiger partial charge in [-0.3, -0.25) is 4.79 Å². The van der Waals surface area contributed by atoms with E-state index in [1.165, 1.54) is 11.3 Å². The van der Waals surface area contributed by atoms with Crippen LogP contribution in [0.15, 0.2) is 11.6 Å². The lowest BCUT2D eigenvalue weighted by Crippen LogP contribution is -2.49. The van der Waals surface area contributed by atoms with Gasteiger partial charge in [0.05, 0.1) is 12.0 Å². The molecule has 1 aliphatic rings. The highest BCUT2D eigenvalue weighted by molar-refractivity contribution is 7.09. The van der Waals surface area contributed by atoms with E-state index in [1.807, 2.05) is 12.3 Å². The van der Waals surface area contributed by atoms with Crippen LogP contribution in [0.1, 0.15) is 44.7 Å². The molecule has 128 valence electrons. The summed E-state index contributed by atoms with van der Waals surface area (Å²) in [5.74, 6) is 0.284. The van der Waals surface area contributed by atoms with Gasteiger partial charge in [-0.25, -0.2) is 9.78 Å². The smallest absolute Gasteiger partial charge is 0.317 e. The van der Waals surface area contributed by atoms with E-state index < -0.39 is 0 Å². The lowest BCUT2D eigenvalue weighted by atomic mass is 9.97. The first-order valence-electron chi connectivity index (χ1n) is 8.20. The quantitative estimate of drug-likeness (QED) is 0.866. The minimum Gasteiger partial charge on any atom is -0.347 e. The molecule has 2 rings (SSSR count). The Bertz CT molecular complexity index is 518. The van der Waals surface area contributed by atoms with Gasteiger partial charge in [0.2, 0.25) is 5.91 Å². The molecule has 6 nitrogen and oxygen atoms in total. The van der Waals surface area contributed by atoms with Crippen LogP contribution in [0.2, 0.25) is 0 Å². The predicted molar refractivity (Wildman–Crippen MR) is 91.2 cm³/mol. The lowest BCUT2D eigenvalue weighted by molar-refractivity contribution is -0.126. The number of hydrogen-bond donors (Lipinski definition) is 2. The van der Waals surface area contributed by atoms with Gasteiger partial charge in [-0.05, 0) is 25.7 Å². The molecule has 3 amide bonds. The third kappa shape index (κ3) is 5.20. The summed E-state index contributed by atoms with van der Waals surface area (Å²) >= 11 is 1.53. The number of rotatable bonds is 5. The van der Waals surface area contributed by atoms with Crippen molar-refractivity contribution in [2.24, 2.45) is 11.8 Å². The molecule has 2 N–H and O–H groups in total. The summed E-state index contributed by atoms with van der Waals surface area (Å²) in [7, 11) is 0. The van der Waals surface area contributed by atoms with Gasteiger partial charge in [0.15, 0.2) is 0 Å². The summed E-state index contributed by atoms with van der Waals surface area (Å²) in [6.45, 7) is 7.93. The number of likely N-dealkylation sites (tertiary alicyclic amines) is 1. The Morgan fingerprint density at radius 3 is 2.87 bits per heavy atom. The molecular weight excluding hydrogens is 312 g/mol. The van der Waals surface area contributed by atoms with Crippen LogP contribution in [-0.4, -0.2) is 41.5 Å². The molecule has 1 fully saturated rings. The van der Waals surface area contributed by atoms with Gasteiger partial charge in [-0.2, -0.15) is 0 Å². The third-order valence-electron chi connectivity index (χ3n) is 3.92. The van der Waals surface area contributed by atoms with E-state index in [0.717, 1.165) is 24.4 Å². The van der Waals surface area contributed by atoms with Crippen LogP contribution in [0, 0.1) is 11.8 Å². The van der Waals surface area contributed by atoms with E-state index in [0.29, 0.717) is 19.0 Å². The number of nitrogens with one attached hydrogen (secondary N) is 2. The van der Waals surface area contributed by atoms with Crippen LogP contribution in [0.25, 0.3) is 0 Å². The van der Waals surface area contributed by atoms with Crippen molar-refractivity contribution in [2.45, 2.75) is 39.7 Å². The fourth-order valence-corrected chi connectivity index (χ4v) is 3.27. The van der Waals surface area contributed by atoms with E-state index in [9.17, 15) is 9.59 Å². The molecule has 2 atom stereocenters. The van der Waals surface area contributed by atoms with Crippen molar-refractivity contribution in [1.82, 2.24) is 20.5 Å². The van der Waals surface area contributed by atoms with E-state index in [2.05, 4.69) is 29.5 Å². The van der Waals surface area contributed by atoms with Gasteiger partial charge in [0, 0.05) is 31.2 Å². The summed E-state index contributed by atoms with van der Waals surface area (Å²) in [5.41, 5.74) is 0. The van der Waals surface area contributed by atoms with Crippen LogP contribution >= 0.6 is 11.3 Å². The van der Waals surface area contributed by atoms with Crippen molar-refractivity contribution in [2.75, 3.05) is 19.6 Å². The molecule has 1 saturated heterocycles. The molecule has 1 aromatic heterocycles. The van der Waals surface area contributed by atoms with Gasteiger partial charge in [0.1, 0.15) is 5.01 Å². The maximum absolute atomic E-state index is 12.4. The molecule has 7 heteroatoms. The SMILES string of the molecule is CC(C)CNC(=O)N1CCC[C@@H](C(=O)N[C@H](C)c2nccs2)C1. The Balaban J connectivity index is 1.85. The van der Waals surface area contributed by atoms with Crippen molar-refractivity contribution in [1.29, 1.82) is 0 Å².